The predicted octanol–water partition coefficient (Wildman–Crippen LogP) is 2.02. The summed E-state index contributed by atoms with van der Waals surface area (Å²) in [6, 6.07) is 6.17. The van der Waals surface area contributed by atoms with Gasteiger partial charge in [0.05, 0.1) is 6.20 Å². The zero-order valence-electron chi connectivity index (χ0n) is 10.5. The van der Waals surface area contributed by atoms with Crippen LogP contribution in [-0.2, 0) is 6.54 Å². The Morgan fingerprint density at radius 2 is 2.11 bits per heavy atom. The number of carbonyl (C=O) groups is 1. The van der Waals surface area contributed by atoms with Crippen molar-refractivity contribution in [3.63, 3.8) is 0 Å². The molecule has 0 aliphatic carbocycles. The number of rotatable bonds is 3. The Hall–Kier alpha value is -2.23. The first-order valence-corrected chi connectivity index (χ1v) is 5.77. The lowest BCUT2D eigenvalue weighted by molar-refractivity contribution is 0.0945. The molecule has 1 N–H and O–H groups in total. The van der Waals surface area contributed by atoms with E-state index in [0.717, 1.165) is 5.56 Å². The molecule has 1 amide bonds. The summed E-state index contributed by atoms with van der Waals surface area (Å²) in [6.45, 7) is 4.59. The third kappa shape index (κ3) is 2.91. The Kier molecular flexibility index (Phi) is 3.67. The van der Waals surface area contributed by atoms with E-state index in [-0.39, 0.29) is 5.91 Å². The van der Waals surface area contributed by atoms with E-state index >= 15 is 0 Å². The smallest absolute Gasteiger partial charge is 0.271 e. The minimum absolute atomic E-state index is 0.205. The summed E-state index contributed by atoms with van der Waals surface area (Å²) < 4.78 is 0. The van der Waals surface area contributed by atoms with Crippen molar-refractivity contribution >= 4 is 5.91 Å². The van der Waals surface area contributed by atoms with E-state index in [1.807, 2.05) is 19.1 Å². The van der Waals surface area contributed by atoms with Crippen LogP contribution in [0.25, 0.3) is 0 Å². The average Bonchev–Trinajstić information content (AvgIpc) is 2.38. The number of hydrogen-bond donors (Lipinski definition) is 1. The fourth-order valence-electron chi connectivity index (χ4n) is 1.73. The molecule has 2 aromatic rings. The summed E-state index contributed by atoms with van der Waals surface area (Å²) in [4.78, 5) is 19.6. The fourth-order valence-corrected chi connectivity index (χ4v) is 1.73. The van der Waals surface area contributed by atoms with Crippen LogP contribution in [0.5, 0.6) is 0 Å². The minimum Gasteiger partial charge on any atom is -0.347 e. The Morgan fingerprint density at radius 1 is 1.28 bits per heavy atom. The molecule has 0 aliphatic heterocycles. The molecule has 0 atom stereocenters. The van der Waals surface area contributed by atoms with Crippen LogP contribution in [0.4, 0.5) is 0 Å². The highest BCUT2D eigenvalue weighted by atomic mass is 16.1. The highest BCUT2D eigenvalue weighted by molar-refractivity contribution is 5.91. The zero-order valence-corrected chi connectivity index (χ0v) is 10.5. The number of nitrogens with zero attached hydrogens (tertiary/aromatic N) is 2. The summed E-state index contributed by atoms with van der Waals surface area (Å²) >= 11 is 0. The summed E-state index contributed by atoms with van der Waals surface area (Å²) in [5.74, 6) is -0.205. The monoisotopic (exact) mass is 241 g/mol. The molecule has 0 aliphatic rings. The van der Waals surface area contributed by atoms with Gasteiger partial charge in [0.1, 0.15) is 5.69 Å². The van der Waals surface area contributed by atoms with Gasteiger partial charge in [-0.2, -0.15) is 0 Å². The van der Waals surface area contributed by atoms with Gasteiger partial charge in [-0.15, -0.1) is 0 Å². The maximum absolute atomic E-state index is 11.8. The topological polar surface area (TPSA) is 54.9 Å². The van der Waals surface area contributed by atoms with Crippen LogP contribution in [0, 0.1) is 13.8 Å². The van der Waals surface area contributed by atoms with Crippen LogP contribution in [0.3, 0.4) is 0 Å². The molecule has 0 fully saturated rings. The van der Waals surface area contributed by atoms with Gasteiger partial charge in [0.2, 0.25) is 0 Å². The minimum atomic E-state index is -0.205. The first-order valence-electron chi connectivity index (χ1n) is 5.77. The van der Waals surface area contributed by atoms with Gasteiger partial charge in [0, 0.05) is 18.9 Å². The summed E-state index contributed by atoms with van der Waals surface area (Å²) in [5, 5.41) is 2.83. The number of benzene rings is 1. The average molecular weight is 241 g/mol. The number of carbonyl (C=O) groups excluding carboxylic acids is 1. The van der Waals surface area contributed by atoms with Crippen LogP contribution in [0.2, 0.25) is 0 Å². The number of aromatic nitrogens is 2. The normalized spacial score (nSPS) is 10.1. The van der Waals surface area contributed by atoms with Crippen molar-refractivity contribution in [3.8, 4) is 0 Å². The summed E-state index contributed by atoms with van der Waals surface area (Å²) in [7, 11) is 0. The SMILES string of the molecule is Cc1ccc(CNC(=O)c2cnccn2)c(C)c1. The standard InChI is InChI=1S/C14H15N3O/c1-10-3-4-12(11(2)7-10)8-17-14(18)13-9-15-5-6-16-13/h3-7,9H,8H2,1-2H3,(H,17,18). The Balaban J connectivity index is 2.02. The molecule has 2 rings (SSSR count). The van der Waals surface area contributed by atoms with Gasteiger partial charge < -0.3 is 5.32 Å². The lowest BCUT2D eigenvalue weighted by Gasteiger charge is -2.08. The molecule has 18 heavy (non-hydrogen) atoms. The van der Waals surface area contributed by atoms with Crippen LogP contribution in [0.1, 0.15) is 27.2 Å². The molecule has 0 saturated carbocycles. The van der Waals surface area contributed by atoms with Gasteiger partial charge in [-0.05, 0) is 25.0 Å². The van der Waals surface area contributed by atoms with E-state index in [9.17, 15) is 4.79 Å². The van der Waals surface area contributed by atoms with Crippen LogP contribution < -0.4 is 5.32 Å². The third-order valence-corrected chi connectivity index (χ3v) is 2.73. The van der Waals surface area contributed by atoms with E-state index < -0.39 is 0 Å². The molecule has 1 heterocycles. The van der Waals surface area contributed by atoms with Crippen LogP contribution in [-0.4, -0.2) is 15.9 Å². The van der Waals surface area contributed by atoms with Gasteiger partial charge in [0.15, 0.2) is 0 Å². The van der Waals surface area contributed by atoms with Gasteiger partial charge in [-0.1, -0.05) is 23.8 Å². The Labute approximate surface area is 106 Å². The van der Waals surface area contributed by atoms with Crippen molar-refractivity contribution in [2.24, 2.45) is 0 Å². The van der Waals surface area contributed by atoms with Crippen LogP contribution >= 0.6 is 0 Å². The second-order valence-corrected chi connectivity index (χ2v) is 4.20. The molecule has 92 valence electrons. The second-order valence-electron chi connectivity index (χ2n) is 4.20. The first-order chi connectivity index (χ1) is 8.66. The number of nitrogens with one attached hydrogen (secondary N) is 1. The van der Waals surface area contributed by atoms with Crippen molar-refractivity contribution in [1.29, 1.82) is 0 Å². The lowest BCUT2D eigenvalue weighted by atomic mass is 10.1. The lowest BCUT2D eigenvalue weighted by Crippen LogP contribution is -2.24. The van der Waals surface area contributed by atoms with Gasteiger partial charge in [-0.3, -0.25) is 9.78 Å². The Bertz CT molecular complexity index is 552. The van der Waals surface area contributed by atoms with Crippen molar-refractivity contribution in [1.82, 2.24) is 15.3 Å². The molecule has 0 saturated heterocycles. The quantitative estimate of drug-likeness (QED) is 0.894. The van der Waals surface area contributed by atoms with E-state index in [1.54, 1.807) is 6.20 Å². The molecule has 0 radical (unpaired) electrons. The fraction of sp³-hybridized carbons (Fsp3) is 0.214. The molecule has 4 heteroatoms. The highest BCUT2D eigenvalue weighted by Crippen LogP contribution is 2.10. The van der Waals surface area contributed by atoms with Gasteiger partial charge in [-0.25, -0.2) is 4.98 Å². The van der Waals surface area contributed by atoms with Crippen molar-refractivity contribution in [3.05, 3.63) is 59.2 Å². The van der Waals surface area contributed by atoms with E-state index in [4.69, 9.17) is 0 Å². The molecule has 0 spiro atoms. The number of amides is 1. The highest BCUT2D eigenvalue weighted by Gasteiger charge is 2.07. The molecule has 4 nitrogen and oxygen atoms in total. The number of hydrogen-bond acceptors (Lipinski definition) is 3. The largest absolute Gasteiger partial charge is 0.347 e. The molecule has 1 aromatic heterocycles. The molecule has 1 aromatic carbocycles. The van der Waals surface area contributed by atoms with Gasteiger partial charge in [0.25, 0.3) is 5.91 Å². The van der Waals surface area contributed by atoms with Crippen molar-refractivity contribution in [2.75, 3.05) is 0 Å². The maximum Gasteiger partial charge on any atom is 0.271 e. The summed E-state index contributed by atoms with van der Waals surface area (Å²) in [6.07, 6.45) is 4.50. The third-order valence-electron chi connectivity index (χ3n) is 2.73. The molecular weight excluding hydrogens is 226 g/mol. The number of aryl methyl sites for hydroxylation is 2. The van der Waals surface area contributed by atoms with Crippen molar-refractivity contribution < 1.29 is 4.79 Å². The van der Waals surface area contributed by atoms with Crippen LogP contribution in [0.15, 0.2) is 36.8 Å². The molecule has 0 unspecified atom stereocenters. The van der Waals surface area contributed by atoms with E-state index in [1.165, 1.54) is 23.5 Å². The first kappa shape index (κ1) is 12.2. The Morgan fingerprint density at radius 3 is 2.78 bits per heavy atom. The van der Waals surface area contributed by atoms with Crippen molar-refractivity contribution in [2.45, 2.75) is 20.4 Å². The molecular formula is C14H15N3O. The van der Waals surface area contributed by atoms with E-state index in [2.05, 4.69) is 28.3 Å². The second kappa shape index (κ2) is 5.40. The zero-order chi connectivity index (χ0) is 13.0. The maximum atomic E-state index is 11.8. The summed E-state index contributed by atoms with van der Waals surface area (Å²) in [5.41, 5.74) is 3.84. The predicted molar refractivity (Wildman–Crippen MR) is 69.1 cm³/mol. The van der Waals surface area contributed by atoms with E-state index in [0.29, 0.717) is 12.2 Å². The van der Waals surface area contributed by atoms with Gasteiger partial charge >= 0.3 is 0 Å². The molecule has 0 bridgehead atoms.